The summed E-state index contributed by atoms with van der Waals surface area (Å²) in [5.74, 6) is 3.21. The van der Waals surface area contributed by atoms with Crippen LogP contribution in [0.1, 0.15) is 55.7 Å². The number of rotatable bonds is 5. The summed E-state index contributed by atoms with van der Waals surface area (Å²) in [5, 5.41) is 7.76. The van der Waals surface area contributed by atoms with Crippen LogP contribution in [-0.2, 0) is 11.3 Å². The second-order valence-corrected chi connectivity index (χ2v) is 9.27. The third-order valence-electron chi connectivity index (χ3n) is 6.58. The van der Waals surface area contributed by atoms with Gasteiger partial charge >= 0.3 is 0 Å². The van der Waals surface area contributed by atoms with Gasteiger partial charge in [-0.15, -0.1) is 0 Å². The molecule has 1 amide bonds. The second kappa shape index (κ2) is 6.69. The summed E-state index contributed by atoms with van der Waals surface area (Å²) in [6, 6.07) is 10.6. The predicted molar refractivity (Wildman–Crippen MR) is 107 cm³/mol. The first-order valence-electron chi connectivity index (χ1n) is 10.5. The molecule has 3 aliphatic rings. The van der Waals surface area contributed by atoms with Crippen molar-refractivity contribution in [3.63, 3.8) is 0 Å². The van der Waals surface area contributed by atoms with Crippen LogP contribution < -0.4 is 0 Å². The molecule has 28 heavy (non-hydrogen) atoms. The van der Waals surface area contributed by atoms with Gasteiger partial charge in [-0.2, -0.15) is 5.10 Å². The number of carbonyl (C=O) groups is 1. The fourth-order valence-corrected chi connectivity index (χ4v) is 4.93. The molecule has 1 aromatic carbocycles. The van der Waals surface area contributed by atoms with Crippen molar-refractivity contribution < 1.29 is 4.79 Å². The van der Waals surface area contributed by atoms with Crippen molar-refractivity contribution in [2.75, 3.05) is 26.2 Å². The van der Waals surface area contributed by atoms with Gasteiger partial charge in [-0.1, -0.05) is 44.2 Å². The number of nitrogens with zero attached hydrogens (tertiary/aromatic N) is 4. The van der Waals surface area contributed by atoms with Gasteiger partial charge in [0.2, 0.25) is 5.91 Å². The minimum atomic E-state index is 0.0596. The van der Waals surface area contributed by atoms with Crippen LogP contribution in [0.25, 0.3) is 0 Å². The average molecular weight is 380 g/mol. The maximum absolute atomic E-state index is 12.5. The van der Waals surface area contributed by atoms with Crippen molar-refractivity contribution in [2.24, 2.45) is 11.3 Å². The molecule has 6 heteroatoms. The Hall–Kier alpha value is -2.21. The third kappa shape index (κ3) is 3.13. The van der Waals surface area contributed by atoms with Crippen LogP contribution >= 0.6 is 0 Å². The minimum absolute atomic E-state index is 0.0596. The number of carbonyl (C=O) groups excluding carboxylic acids is 1. The Morgan fingerprint density at radius 2 is 1.96 bits per heavy atom. The highest BCUT2D eigenvalue weighted by molar-refractivity contribution is 5.79. The molecule has 1 saturated carbocycles. The highest BCUT2D eigenvalue weighted by atomic mass is 16.2. The van der Waals surface area contributed by atoms with Crippen LogP contribution in [0.5, 0.6) is 0 Å². The summed E-state index contributed by atoms with van der Waals surface area (Å²) in [4.78, 5) is 21.9. The average Bonchev–Trinajstić information content (AvgIpc) is 3.27. The lowest BCUT2D eigenvalue weighted by Crippen LogP contribution is -2.62. The smallest absolute Gasteiger partial charge is 0.225 e. The zero-order valence-corrected chi connectivity index (χ0v) is 16.8. The largest absolute Gasteiger partial charge is 0.341 e. The van der Waals surface area contributed by atoms with E-state index < -0.39 is 0 Å². The first-order valence-corrected chi connectivity index (χ1v) is 10.5. The van der Waals surface area contributed by atoms with E-state index in [9.17, 15) is 4.79 Å². The van der Waals surface area contributed by atoms with Gasteiger partial charge in [-0.05, 0) is 18.4 Å². The highest BCUT2D eigenvalue weighted by Crippen LogP contribution is 2.49. The Morgan fingerprint density at radius 1 is 1.21 bits per heavy atom. The predicted octanol–water partition coefficient (Wildman–Crippen LogP) is 2.77. The van der Waals surface area contributed by atoms with Gasteiger partial charge in [0.15, 0.2) is 5.82 Å². The number of likely N-dealkylation sites (tertiary alicyclic amines) is 2. The number of hydrogen-bond donors (Lipinski definition) is 1. The molecule has 3 heterocycles. The Kier molecular flexibility index (Phi) is 4.27. The van der Waals surface area contributed by atoms with E-state index >= 15 is 0 Å². The van der Waals surface area contributed by atoms with E-state index in [1.54, 1.807) is 0 Å². The molecule has 1 spiro atoms. The summed E-state index contributed by atoms with van der Waals surface area (Å²) in [6.07, 6.45) is 2.42. The number of H-pyrrole nitrogens is 1. The highest BCUT2D eigenvalue weighted by Gasteiger charge is 2.57. The van der Waals surface area contributed by atoms with Gasteiger partial charge in [-0.3, -0.25) is 14.8 Å². The summed E-state index contributed by atoms with van der Waals surface area (Å²) in [5.41, 5.74) is 1.43. The number of amides is 1. The molecular formula is C22H29N5O. The van der Waals surface area contributed by atoms with Crippen molar-refractivity contribution in [1.29, 1.82) is 0 Å². The van der Waals surface area contributed by atoms with Gasteiger partial charge in [-0.25, -0.2) is 4.98 Å². The normalized spacial score (nSPS) is 24.1. The van der Waals surface area contributed by atoms with E-state index in [0.29, 0.717) is 11.8 Å². The quantitative estimate of drug-likeness (QED) is 0.868. The molecule has 0 bridgehead atoms. The SMILES string of the molecule is CC(C)C(=O)N1CC2(CN(Cc3ccccc3)CC2c2nc(C3CC3)n[nH]2)C1. The molecular weight excluding hydrogens is 350 g/mol. The van der Waals surface area contributed by atoms with E-state index in [0.717, 1.165) is 44.4 Å². The maximum Gasteiger partial charge on any atom is 0.225 e. The summed E-state index contributed by atoms with van der Waals surface area (Å²) >= 11 is 0. The molecule has 1 aliphatic carbocycles. The van der Waals surface area contributed by atoms with E-state index in [1.807, 2.05) is 18.7 Å². The van der Waals surface area contributed by atoms with Crippen LogP contribution in [0.4, 0.5) is 0 Å². The van der Waals surface area contributed by atoms with E-state index in [-0.39, 0.29) is 17.2 Å². The van der Waals surface area contributed by atoms with Gasteiger partial charge in [0.1, 0.15) is 5.82 Å². The molecule has 1 N–H and O–H groups in total. The van der Waals surface area contributed by atoms with Gasteiger partial charge in [0.05, 0.1) is 0 Å². The summed E-state index contributed by atoms with van der Waals surface area (Å²) in [6.45, 7) is 8.56. The van der Waals surface area contributed by atoms with E-state index in [1.165, 1.54) is 18.4 Å². The van der Waals surface area contributed by atoms with Crippen LogP contribution in [-0.4, -0.2) is 57.1 Å². The van der Waals surface area contributed by atoms with Crippen molar-refractivity contribution in [3.05, 3.63) is 47.5 Å². The van der Waals surface area contributed by atoms with Crippen LogP contribution in [0, 0.1) is 11.3 Å². The summed E-state index contributed by atoms with van der Waals surface area (Å²) < 4.78 is 0. The second-order valence-electron chi connectivity index (χ2n) is 9.27. The number of aromatic amines is 1. The topological polar surface area (TPSA) is 65.1 Å². The third-order valence-corrected chi connectivity index (χ3v) is 6.58. The van der Waals surface area contributed by atoms with Crippen molar-refractivity contribution >= 4 is 5.91 Å². The van der Waals surface area contributed by atoms with Gasteiger partial charge < -0.3 is 4.90 Å². The zero-order chi connectivity index (χ0) is 19.3. The molecule has 1 unspecified atom stereocenters. The van der Waals surface area contributed by atoms with Gasteiger partial charge in [0.25, 0.3) is 0 Å². The Bertz CT molecular complexity index is 851. The fraction of sp³-hybridized carbons (Fsp3) is 0.591. The van der Waals surface area contributed by atoms with Crippen molar-refractivity contribution in [1.82, 2.24) is 25.0 Å². The molecule has 1 aromatic heterocycles. The molecule has 148 valence electrons. The molecule has 3 fully saturated rings. The standard InChI is InChI=1S/C22H29N5O/c1-15(2)21(28)27-13-22(14-27)12-26(10-16-6-4-3-5-7-16)11-18(22)20-23-19(24-25-20)17-8-9-17/h3-7,15,17-18H,8-14H2,1-2H3,(H,23,24,25). The molecule has 2 saturated heterocycles. The molecule has 2 aliphatic heterocycles. The molecule has 1 atom stereocenters. The molecule has 5 rings (SSSR count). The maximum atomic E-state index is 12.5. The van der Waals surface area contributed by atoms with Crippen LogP contribution in [0.15, 0.2) is 30.3 Å². The lowest BCUT2D eigenvalue weighted by molar-refractivity contribution is -0.147. The van der Waals surface area contributed by atoms with Gasteiger partial charge in [0, 0.05) is 55.9 Å². The minimum Gasteiger partial charge on any atom is -0.341 e. The number of aromatic nitrogens is 3. The summed E-state index contributed by atoms with van der Waals surface area (Å²) in [7, 11) is 0. The first kappa shape index (κ1) is 17.9. The van der Waals surface area contributed by atoms with E-state index in [2.05, 4.69) is 45.4 Å². The molecule has 2 aromatic rings. The van der Waals surface area contributed by atoms with Crippen molar-refractivity contribution in [3.8, 4) is 0 Å². The number of hydrogen-bond acceptors (Lipinski definition) is 4. The lowest BCUT2D eigenvalue weighted by atomic mass is 9.71. The monoisotopic (exact) mass is 379 g/mol. The first-order chi connectivity index (χ1) is 13.5. The van der Waals surface area contributed by atoms with E-state index in [4.69, 9.17) is 4.98 Å². The molecule has 0 radical (unpaired) electrons. The fourth-order valence-electron chi connectivity index (χ4n) is 4.93. The van der Waals surface area contributed by atoms with Crippen molar-refractivity contribution in [2.45, 2.75) is 45.1 Å². The number of benzene rings is 1. The number of nitrogens with one attached hydrogen (secondary N) is 1. The lowest BCUT2D eigenvalue weighted by Gasteiger charge is -2.51. The van der Waals surface area contributed by atoms with Crippen LogP contribution in [0.3, 0.4) is 0 Å². The molecule has 6 nitrogen and oxygen atoms in total. The Balaban J connectivity index is 1.36. The van der Waals surface area contributed by atoms with Crippen LogP contribution in [0.2, 0.25) is 0 Å². The Morgan fingerprint density at radius 3 is 2.64 bits per heavy atom. The Labute approximate surface area is 166 Å². The zero-order valence-electron chi connectivity index (χ0n) is 16.8.